The third-order valence-corrected chi connectivity index (χ3v) is 5.14. The Bertz CT molecular complexity index is 969. The zero-order chi connectivity index (χ0) is 18.5. The molecule has 1 N–H and O–H groups in total. The van der Waals surface area contributed by atoms with Gasteiger partial charge in [-0.05, 0) is 57.4 Å². The lowest BCUT2D eigenvalue weighted by Gasteiger charge is -2.10. The number of amides is 1. The number of hydrogen-bond donors (Lipinski definition) is 1. The topological polar surface area (TPSA) is 50.7 Å². The summed E-state index contributed by atoms with van der Waals surface area (Å²) in [6.45, 7) is 1.72. The van der Waals surface area contributed by atoms with E-state index in [1.165, 1.54) is 0 Å². The summed E-state index contributed by atoms with van der Waals surface area (Å²) in [4.78, 5) is 12.0. The number of nitrogens with one attached hydrogen (secondary N) is 1. The first-order valence-electron chi connectivity index (χ1n) is 7.94. The van der Waals surface area contributed by atoms with E-state index in [1.54, 1.807) is 0 Å². The number of ether oxygens (including phenoxy) is 1. The third-order valence-electron chi connectivity index (χ3n) is 3.80. The predicted octanol–water partition coefficient (Wildman–Crippen LogP) is 5.28. The van der Waals surface area contributed by atoms with Gasteiger partial charge in [-0.15, -0.1) is 0 Å². The van der Waals surface area contributed by atoms with Crippen molar-refractivity contribution in [3.05, 3.63) is 75.2 Å². The minimum absolute atomic E-state index is 0.117. The average Bonchev–Trinajstić information content (AvgIpc) is 2.66. The van der Waals surface area contributed by atoms with Crippen LogP contribution in [0, 0.1) is 0 Å². The summed E-state index contributed by atoms with van der Waals surface area (Å²) in [6, 6.07) is 19.5. The SMILES string of the molecule is C/C(=N\NC(=O)COc1ccc2ccccc2c1Br)c1ccc(Br)cc1. The minimum Gasteiger partial charge on any atom is -0.483 e. The van der Waals surface area contributed by atoms with E-state index in [-0.39, 0.29) is 12.5 Å². The highest BCUT2D eigenvalue weighted by atomic mass is 79.9. The lowest BCUT2D eigenvalue weighted by atomic mass is 10.1. The number of carbonyl (C=O) groups excluding carboxylic acids is 1. The summed E-state index contributed by atoms with van der Waals surface area (Å²) in [6.07, 6.45) is 0. The molecule has 0 aliphatic heterocycles. The van der Waals surface area contributed by atoms with Crippen LogP contribution in [0.3, 0.4) is 0 Å². The molecule has 0 aromatic heterocycles. The molecule has 0 spiro atoms. The zero-order valence-corrected chi connectivity index (χ0v) is 17.2. The van der Waals surface area contributed by atoms with Crippen molar-refractivity contribution in [2.75, 3.05) is 6.61 Å². The molecule has 132 valence electrons. The molecule has 1 amide bonds. The molecule has 0 aliphatic rings. The van der Waals surface area contributed by atoms with Crippen molar-refractivity contribution < 1.29 is 9.53 Å². The van der Waals surface area contributed by atoms with E-state index in [4.69, 9.17) is 4.74 Å². The largest absolute Gasteiger partial charge is 0.483 e. The molecule has 0 fully saturated rings. The van der Waals surface area contributed by atoms with Crippen molar-refractivity contribution in [2.45, 2.75) is 6.92 Å². The van der Waals surface area contributed by atoms with Crippen LogP contribution in [0.25, 0.3) is 10.8 Å². The molecule has 0 unspecified atom stereocenters. The monoisotopic (exact) mass is 474 g/mol. The Labute approximate surface area is 168 Å². The molecule has 0 atom stereocenters. The second-order valence-electron chi connectivity index (χ2n) is 5.63. The van der Waals surface area contributed by atoms with Gasteiger partial charge in [0.2, 0.25) is 0 Å². The van der Waals surface area contributed by atoms with E-state index in [2.05, 4.69) is 42.4 Å². The van der Waals surface area contributed by atoms with E-state index >= 15 is 0 Å². The minimum atomic E-state index is -0.318. The van der Waals surface area contributed by atoms with Gasteiger partial charge in [-0.25, -0.2) is 5.43 Å². The highest BCUT2D eigenvalue weighted by Crippen LogP contribution is 2.32. The van der Waals surface area contributed by atoms with Gasteiger partial charge in [-0.1, -0.05) is 58.4 Å². The summed E-state index contributed by atoms with van der Waals surface area (Å²) in [5.74, 6) is 0.300. The Morgan fingerprint density at radius 3 is 2.54 bits per heavy atom. The number of fused-ring (bicyclic) bond motifs is 1. The first kappa shape index (κ1) is 18.6. The summed E-state index contributed by atoms with van der Waals surface area (Å²) in [5.41, 5.74) is 4.18. The van der Waals surface area contributed by atoms with Gasteiger partial charge >= 0.3 is 0 Å². The van der Waals surface area contributed by atoms with Crippen molar-refractivity contribution in [3.63, 3.8) is 0 Å². The highest BCUT2D eigenvalue weighted by Gasteiger charge is 2.08. The number of hydrazone groups is 1. The molecular formula is C20H16Br2N2O2. The molecule has 0 saturated carbocycles. The van der Waals surface area contributed by atoms with Gasteiger partial charge in [-0.2, -0.15) is 5.10 Å². The van der Waals surface area contributed by atoms with E-state index in [0.717, 1.165) is 31.0 Å². The highest BCUT2D eigenvalue weighted by molar-refractivity contribution is 9.11. The quantitative estimate of drug-likeness (QED) is 0.403. The van der Waals surface area contributed by atoms with Crippen molar-refractivity contribution in [1.82, 2.24) is 5.43 Å². The van der Waals surface area contributed by atoms with Crippen LogP contribution in [0.1, 0.15) is 12.5 Å². The Morgan fingerprint density at radius 1 is 1.04 bits per heavy atom. The summed E-state index contributed by atoms with van der Waals surface area (Å²) < 4.78 is 7.45. The van der Waals surface area contributed by atoms with E-state index in [1.807, 2.05) is 67.6 Å². The Kier molecular flexibility index (Phi) is 6.06. The van der Waals surface area contributed by atoms with Gasteiger partial charge in [0.05, 0.1) is 10.2 Å². The van der Waals surface area contributed by atoms with Gasteiger partial charge in [0, 0.05) is 4.47 Å². The van der Waals surface area contributed by atoms with Crippen LogP contribution in [-0.4, -0.2) is 18.2 Å². The normalized spacial score (nSPS) is 11.4. The molecule has 0 bridgehead atoms. The molecule has 0 saturated heterocycles. The lowest BCUT2D eigenvalue weighted by Crippen LogP contribution is -2.25. The van der Waals surface area contributed by atoms with Gasteiger partial charge < -0.3 is 4.74 Å². The molecule has 4 nitrogen and oxygen atoms in total. The van der Waals surface area contributed by atoms with Crippen LogP contribution in [0.5, 0.6) is 5.75 Å². The van der Waals surface area contributed by atoms with Crippen LogP contribution in [-0.2, 0) is 4.79 Å². The molecule has 0 aliphatic carbocycles. The third kappa shape index (κ3) is 4.51. The van der Waals surface area contributed by atoms with Gasteiger partial charge in [-0.3, -0.25) is 4.79 Å². The molecule has 3 aromatic carbocycles. The van der Waals surface area contributed by atoms with Crippen molar-refractivity contribution >= 4 is 54.3 Å². The van der Waals surface area contributed by atoms with Crippen LogP contribution < -0.4 is 10.2 Å². The van der Waals surface area contributed by atoms with Crippen molar-refractivity contribution in [3.8, 4) is 5.75 Å². The Hall–Kier alpha value is -2.18. The van der Waals surface area contributed by atoms with E-state index in [0.29, 0.717) is 5.75 Å². The van der Waals surface area contributed by atoms with Crippen LogP contribution in [0.15, 0.2) is 74.7 Å². The molecule has 0 heterocycles. The van der Waals surface area contributed by atoms with Gasteiger partial charge in [0.15, 0.2) is 6.61 Å². The molecule has 6 heteroatoms. The first-order chi connectivity index (χ1) is 12.5. The van der Waals surface area contributed by atoms with Crippen LogP contribution >= 0.6 is 31.9 Å². The standard InChI is InChI=1S/C20H16Br2N2O2/c1-13(14-6-9-16(21)10-7-14)23-24-19(25)12-26-18-11-8-15-4-2-3-5-17(15)20(18)22/h2-11H,12H2,1H3,(H,24,25)/b23-13+. The van der Waals surface area contributed by atoms with Gasteiger partial charge in [0.1, 0.15) is 5.75 Å². The Morgan fingerprint density at radius 2 is 1.77 bits per heavy atom. The predicted molar refractivity (Wildman–Crippen MR) is 112 cm³/mol. The number of hydrogen-bond acceptors (Lipinski definition) is 3. The van der Waals surface area contributed by atoms with E-state index < -0.39 is 0 Å². The van der Waals surface area contributed by atoms with Crippen molar-refractivity contribution in [2.24, 2.45) is 5.10 Å². The second-order valence-corrected chi connectivity index (χ2v) is 7.34. The maximum atomic E-state index is 12.0. The molecular weight excluding hydrogens is 460 g/mol. The second kappa shape index (κ2) is 8.47. The van der Waals surface area contributed by atoms with E-state index in [9.17, 15) is 4.79 Å². The first-order valence-corrected chi connectivity index (χ1v) is 9.52. The number of rotatable bonds is 5. The maximum absolute atomic E-state index is 12.0. The average molecular weight is 476 g/mol. The molecule has 3 aromatic rings. The molecule has 3 rings (SSSR count). The summed E-state index contributed by atoms with van der Waals surface area (Å²) >= 11 is 6.93. The smallest absolute Gasteiger partial charge is 0.277 e. The summed E-state index contributed by atoms with van der Waals surface area (Å²) in [7, 11) is 0. The fraction of sp³-hybridized carbons (Fsp3) is 0.100. The fourth-order valence-electron chi connectivity index (χ4n) is 2.40. The van der Waals surface area contributed by atoms with Crippen LogP contribution in [0.2, 0.25) is 0 Å². The number of nitrogens with zero attached hydrogens (tertiary/aromatic N) is 1. The van der Waals surface area contributed by atoms with Crippen LogP contribution in [0.4, 0.5) is 0 Å². The summed E-state index contributed by atoms with van der Waals surface area (Å²) in [5, 5.41) is 6.26. The zero-order valence-electron chi connectivity index (χ0n) is 14.0. The van der Waals surface area contributed by atoms with Gasteiger partial charge in [0.25, 0.3) is 5.91 Å². The molecule has 0 radical (unpaired) electrons. The number of benzene rings is 3. The lowest BCUT2D eigenvalue weighted by molar-refractivity contribution is -0.123. The fourth-order valence-corrected chi connectivity index (χ4v) is 3.27. The Balaban J connectivity index is 1.61. The maximum Gasteiger partial charge on any atom is 0.277 e. The molecule has 26 heavy (non-hydrogen) atoms. The number of carbonyl (C=O) groups is 1. The number of halogens is 2. The van der Waals surface area contributed by atoms with Crippen molar-refractivity contribution in [1.29, 1.82) is 0 Å².